The Kier molecular flexibility index (Phi) is 6.57. The number of nitrogens with zero attached hydrogens (tertiary/aromatic N) is 1. The van der Waals surface area contributed by atoms with Gasteiger partial charge in [0.1, 0.15) is 0 Å². The molecular weight excluding hydrogens is 342 g/mol. The maximum Gasteiger partial charge on any atom is 0.255 e. The summed E-state index contributed by atoms with van der Waals surface area (Å²) in [6.07, 6.45) is 0. The fourth-order valence-electron chi connectivity index (χ4n) is 2.95. The van der Waals surface area contributed by atoms with Gasteiger partial charge in [-0.3, -0.25) is 14.5 Å². The molecule has 3 rings (SSSR count). The second-order valence-corrected chi connectivity index (χ2v) is 6.61. The molecule has 1 aliphatic heterocycles. The van der Waals surface area contributed by atoms with Crippen molar-refractivity contribution < 1.29 is 14.3 Å². The lowest BCUT2D eigenvalue weighted by Gasteiger charge is -2.26. The Hall–Kier alpha value is -2.70. The Labute approximate surface area is 159 Å². The number of carbonyl (C=O) groups excluding carboxylic acids is 2. The molecule has 0 unspecified atom stereocenters. The maximum atomic E-state index is 12.3. The van der Waals surface area contributed by atoms with E-state index in [-0.39, 0.29) is 11.8 Å². The van der Waals surface area contributed by atoms with Crippen molar-refractivity contribution in [3.63, 3.8) is 0 Å². The summed E-state index contributed by atoms with van der Waals surface area (Å²) in [6, 6.07) is 14.3. The molecule has 2 N–H and O–H groups in total. The lowest BCUT2D eigenvalue weighted by atomic mass is 10.1. The molecule has 0 aliphatic carbocycles. The first-order chi connectivity index (χ1) is 13.1. The molecule has 0 radical (unpaired) electrons. The van der Waals surface area contributed by atoms with Crippen LogP contribution in [0.4, 0.5) is 5.69 Å². The minimum Gasteiger partial charge on any atom is -0.379 e. The molecule has 0 aromatic heterocycles. The zero-order chi connectivity index (χ0) is 19.1. The molecule has 2 amide bonds. The van der Waals surface area contributed by atoms with Gasteiger partial charge in [-0.25, -0.2) is 0 Å². The second kappa shape index (κ2) is 9.30. The number of carbonyl (C=O) groups is 2. The Morgan fingerprint density at radius 2 is 1.74 bits per heavy atom. The number of rotatable bonds is 6. The predicted molar refractivity (Wildman–Crippen MR) is 105 cm³/mol. The molecule has 1 saturated heterocycles. The predicted octanol–water partition coefficient (Wildman–Crippen LogP) is 2.31. The summed E-state index contributed by atoms with van der Waals surface area (Å²) in [5.74, 6) is -0.277. The van der Waals surface area contributed by atoms with Gasteiger partial charge in [0.2, 0.25) is 0 Å². The topological polar surface area (TPSA) is 70.7 Å². The monoisotopic (exact) mass is 367 g/mol. The number of nitrogens with one attached hydrogen (secondary N) is 2. The van der Waals surface area contributed by atoms with E-state index in [0.717, 1.165) is 38.4 Å². The maximum absolute atomic E-state index is 12.3. The summed E-state index contributed by atoms with van der Waals surface area (Å²) >= 11 is 0. The van der Waals surface area contributed by atoms with E-state index in [4.69, 9.17) is 4.74 Å². The van der Waals surface area contributed by atoms with Crippen molar-refractivity contribution in [1.82, 2.24) is 10.2 Å². The highest BCUT2D eigenvalue weighted by atomic mass is 16.5. The molecule has 0 bridgehead atoms. The van der Waals surface area contributed by atoms with E-state index >= 15 is 0 Å². The molecular formula is C21H25N3O3. The van der Waals surface area contributed by atoms with Crippen molar-refractivity contribution in [3.8, 4) is 0 Å². The summed E-state index contributed by atoms with van der Waals surface area (Å²) in [4.78, 5) is 26.8. The molecule has 142 valence electrons. The highest BCUT2D eigenvalue weighted by Gasteiger charge is 2.11. The van der Waals surface area contributed by atoms with Gasteiger partial charge in [0.25, 0.3) is 11.8 Å². The van der Waals surface area contributed by atoms with E-state index in [1.165, 1.54) is 0 Å². The smallest absolute Gasteiger partial charge is 0.255 e. The second-order valence-electron chi connectivity index (χ2n) is 6.61. The molecule has 0 atom stereocenters. The largest absolute Gasteiger partial charge is 0.379 e. The quantitative estimate of drug-likeness (QED) is 0.822. The van der Waals surface area contributed by atoms with Crippen LogP contribution in [0.2, 0.25) is 0 Å². The molecule has 6 heteroatoms. The first kappa shape index (κ1) is 19.1. The van der Waals surface area contributed by atoms with E-state index in [1.54, 1.807) is 30.3 Å². The molecule has 0 saturated carbocycles. The number of benzene rings is 2. The van der Waals surface area contributed by atoms with Gasteiger partial charge < -0.3 is 15.4 Å². The Morgan fingerprint density at radius 1 is 1.00 bits per heavy atom. The number of hydrogen-bond donors (Lipinski definition) is 2. The van der Waals surface area contributed by atoms with Crippen molar-refractivity contribution in [2.75, 3.05) is 44.7 Å². The molecule has 2 aromatic carbocycles. The summed E-state index contributed by atoms with van der Waals surface area (Å²) in [6.45, 7) is 6.69. The number of morpholine rings is 1. The van der Waals surface area contributed by atoms with Gasteiger partial charge >= 0.3 is 0 Å². The Morgan fingerprint density at radius 3 is 2.44 bits per heavy atom. The third-order valence-corrected chi connectivity index (χ3v) is 4.50. The molecule has 6 nitrogen and oxygen atoms in total. The molecule has 27 heavy (non-hydrogen) atoms. The van der Waals surface area contributed by atoms with Crippen LogP contribution >= 0.6 is 0 Å². The Bertz CT molecular complexity index is 784. The highest BCUT2D eigenvalue weighted by Crippen LogP contribution is 2.12. The number of aryl methyl sites for hydroxylation is 1. The van der Waals surface area contributed by atoms with Gasteiger partial charge in [0.05, 0.1) is 13.2 Å². The number of amides is 2. The minimum atomic E-state index is -0.165. The number of hydrogen-bond acceptors (Lipinski definition) is 4. The van der Waals surface area contributed by atoms with Gasteiger partial charge in [0.15, 0.2) is 0 Å². The van der Waals surface area contributed by atoms with Crippen LogP contribution in [0.25, 0.3) is 0 Å². The van der Waals surface area contributed by atoms with Crippen LogP contribution in [-0.4, -0.2) is 56.1 Å². The van der Waals surface area contributed by atoms with E-state index in [0.29, 0.717) is 23.4 Å². The van der Waals surface area contributed by atoms with Gasteiger partial charge in [-0.1, -0.05) is 17.7 Å². The SMILES string of the molecule is Cc1cccc(C(=O)Nc2ccc(C(=O)NCCN3CCOCC3)cc2)c1. The van der Waals surface area contributed by atoms with Crippen LogP contribution < -0.4 is 10.6 Å². The minimum absolute atomic E-state index is 0.111. The summed E-state index contributed by atoms with van der Waals surface area (Å²) in [5, 5.41) is 5.78. The van der Waals surface area contributed by atoms with E-state index < -0.39 is 0 Å². The van der Waals surface area contributed by atoms with Crippen LogP contribution in [-0.2, 0) is 4.74 Å². The normalized spacial score (nSPS) is 14.6. The van der Waals surface area contributed by atoms with E-state index in [2.05, 4.69) is 15.5 Å². The van der Waals surface area contributed by atoms with Crippen LogP contribution in [0, 0.1) is 6.92 Å². The average Bonchev–Trinajstić information content (AvgIpc) is 2.69. The van der Waals surface area contributed by atoms with Crippen LogP contribution in [0.3, 0.4) is 0 Å². The van der Waals surface area contributed by atoms with Crippen molar-refractivity contribution in [3.05, 3.63) is 65.2 Å². The fourth-order valence-corrected chi connectivity index (χ4v) is 2.95. The number of ether oxygens (including phenoxy) is 1. The third-order valence-electron chi connectivity index (χ3n) is 4.50. The van der Waals surface area contributed by atoms with Gasteiger partial charge in [-0.05, 0) is 43.3 Å². The van der Waals surface area contributed by atoms with Crippen molar-refractivity contribution in [2.24, 2.45) is 0 Å². The first-order valence-corrected chi connectivity index (χ1v) is 9.18. The third kappa shape index (κ3) is 5.64. The van der Waals surface area contributed by atoms with Crippen LogP contribution in [0.15, 0.2) is 48.5 Å². The van der Waals surface area contributed by atoms with Gasteiger partial charge in [-0.15, -0.1) is 0 Å². The number of anilines is 1. The van der Waals surface area contributed by atoms with Crippen molar-refractivity contribution in [2.45, 2.75) is 6.92 Å². The van der Waals surface area contributed by atoms with Crippen LogP contribution in [0.1, 0.15) is 26.3 Å². The molecule has 0 spiro atoms. The lowest BCUT2D eigenvalue weighted by molar-refractivity contribution is 0.0383. The molecule has 1 fully saturated rings. The molecule has 2 aromatic rings. The summed E-state index contributed by atoms with van der Waals surface area (Å²) in [7, 11) is 0. The van der Waals surface area contributed by atoms with Gasteiger partial charge in [0, 0.05) is 43.0 Å². The zero-order valence-electron chi connectivity index (χ0n) is 15.5. The van der Waals surface area contributed by atoms with E-state index in [9.17, 15) is 9.59 Å². The molecule has 1 heterocycles. The van der Waals surface area contributed by atoms with Crippen molar-refractivity contribution >= 4 is 17.5 Å². The zero-order valence-corrected chi connectivity index (χ0v) is 15.5. The summed E-state index contributed by atoms with van der Waals surface area (Å²) in [5.41, 5.74) is 2.88. The fraction of sp³-hybridized carbons (Fsp3) is 0.333. The first-order valence-electron chi connectivity index (χ1n) is 9.18. The molecule has 1 aliphatic rings. The highest BCUT2D eigenvalue weighted by molar-refractivity contribution is 6.04. The van der Waals surface area contributed by atoms with Gasteiger partial charge in [-0.2, -0.15) is 0 Å². The lowest BCUT2D eigenvalue weighted by Crippen LogP contribution is -2.41. The van der Waals surface area contributed by atoms with E-state index in [1.807, 2.05) is 25.1 Å². The van der Waals surface area contributed by atoms with Crippen molar-refractivity contribution in [1.29, 1.82) is 0 Å². The van der Waals surface area contributed by atoms with Crippen LogP contribution in [0.5, 0.6) is 0 Å². The Balaban J connectivity index is 1.48. The standard InChI is InChI=1S/C21H25N3O3/c1-16-3-2-4-18(15-16)21(26)23-19-7-5-17(6-8-19)20(25)22-9-10-24-11-13-27-14-12-24/h2-8,15H,9-14H2,1H3,(H,22,25)(H,23,26). The average molecular weight is 367 g/mol. The summed E-state index contributed by atoms with van der Waals surface area (Å²) < 4.78 is 5.31.